The Hall–Kier alpha value is -1.61. The third-order valence-electron chi connectivity index (χ3n) is 3.63. The van der Waals surface area contributed by atoms with E-state index in [2.05, 4.69) is 17.1 Å². The van der Waals surface area contributed by atoms with Gasteiger partial charge in [0.1, 0.15) is 6.26 Å². The van der Waals surface area contributed by atoms with Crippen molar-refractivity contribution in [1.82, 2.24) is 4.98 Å². The van der Waals surface area contributed by atoms with Gasteiger partial charge >= 0.3 is 0 Å². The summed E-state index contributed by atoms with van der Waals surface area (Å²) in [5.41, 5.74) is 8.52. The number of benzene rings is 1. The zero-order valence-corrected chi connectivity index (χ0v) is 9.73. The van der Waals surface area contributed by atoms with Crippen LogP contribution in [0.1, 0.15) is 31.2 Å². The van der Waals surface area contributed by atoms with Crippen LogP contribution in [0.25, 0.3) is 11.5 Å². The fourth-order valence-corrected chi connectivity index (χ4v) is 2.61. The second-order valence-electron chi connectivity index (χ2n) is 4.78. The van der Waals surface area contributed by atoms with Gasteiger partial charge in [-0.15, -0.1) is 0 Å². The molecule has 1 aromatic heterocycles. The Labute approximate surface area is 101 Å². The van der Waals surface area contributed by atoms with E-state index in [0.29, 0.717) is 5.89 Å². The van der Waals surface area contributed by atoms with Gasteiger partial charge in [-0.2, -0.15) is 0 Å². The second kappa shape index (κ2) is 4.00. The number of nitrogens with two attached hydrogens (primary N) is 1. The lowest BCUT2D eigenvalue weighted by Crippen LogP contribution is -2.32. The Kier molecular flexibility index (Phi) is 2.48. The van der Waals surface area contributed by atoms with Crippen molar-refractivity contribution in [2.75, 3.05) is 0 Å². The van der Waals surface area contributed by atoms with E-state index in [1.165, 1.54) is 18.4 Å². The third kappa shape index (κ3) is 1.87. The van der Waals surface area contributed by atoms with Crippen LogP contribution in [-0.4, -0.2) is 4.98 Å². The SMILES string of the molecule is NC1(c2ccc(-c3ncco3)cc2)CCCC1. The smallest absolute Gasteiger partial charge is 0.225 e. The number of rotatable bonds is 2. The molecule has 0 bridgehead atoms. The molecule has 1 aliphatic rings. The number of aromatic nitrogens is 1. The van der Waals surface area contributed by atoms with E-state index in [-0.39, 0.29) is 5.54 Å². The minimum Gasteiger partial charge on any atom is -0.445 e. The van der Waals surface area contributed by atoms with Gasteiger partial charge in [0.2, 0.25) is 5.89 Å². The molecular formula is C14H16N2O. The lowest BCUT2D eigenvalue weighted by Gasteiger charge is -2.24. The second-order valence-corrected chi connectivity index (χ2v) is 4.78. The van der Waals surface area contributed by atoms with Crippen LogP contribution in [-0.2, 0) is 5.54 Å². The van der Waals surface area contributed by atoms with Crippen LogP contribution in [0.3, 0.4) is 0 Å². The Morgan fingerprint density at radius 2 is 1.82 bits per heavy atom. The zero-order chi connectivity index (χ0) is 11.7. The normalized spacial score (nSPS) is 18.4. The van der Waals surface area contributed by atoms with E-state index in [4.69, 9.17) is 10.2 Å². The van der Waals surface area contributed by atoms with E-state index in [0.717, 1.165) is 18.4 Å². The van der Waals surface area contributed by atoms with Crippen molar-refractivity contribution >= 4 is 0 Å². The van der Waals surface area contributed by atoms with E-state index in [1.807, 2.05) is 12.1 Å². The van der Waals surface area contributed by atoms with Gasteiger partial charge in [-0.05, 0) is 30.5 Å². The first-order valence-corrected chi connectivity index (χ1v) is 6.07. The summed E-state index contributed by atoms with van der Waals surface area (Å²) in [6.07, 6.45) is 7.89. The average molecular weight is 228 g/mol. The molecule has 1 saturated carbocycles. The maximum absolute atomic E-state index is 6.41. The average Bonchev–Trinajstić information content (AvgIpc) is 3.01. The maximum atomic E-state index is 6.41. The molecule has 1 aromatic carbocycles. The first-order chi connectivity index (χ1) is 8.28. The van der Waals surface area contributed by atoms with Gasteiger partial charge in [0.15, 0.2) is 0 Å². The molecule has 0 spiro atoms. The molecule has 88 valence electrons. The van der Waals surface area contributed by atoms with Gasteiger partial charge in [-0.3, -0.25) is 0 Å². The number of nitrogens with zero attached hydrogens (tertiary/aromatic N) is 1. The van der Waals surface area contributed by atoms with Crippen LogP contribution in [0.5, 0.6) is 0 Å². The largest absolute Gasteiger partial charge is 0.445 e. The molecule has 17 heavy (non-hydrogen) atoms. The molecule has 0 aliphatic heterocycles. The van der Waals surface area contributed by atoms with E-state index >= 15 is 0 Å². The lowest BCUT2D eigenvalue weighted by atomic mass is 9.89. The Balaban J connectivity index is 1.90. The molecule has 0 unspecified atom stereocenters. The zero-order valence-electron chi connectivity index (χ0n) is 9.73. The van der Waals surface area contributed by atoms with Crippen LogP contribution >= 0.6 is 0 Å². The summed E-state index contributed by atoms with van der Waals surface area (Å²) in [6, 6.07) is 8.28. The van der Waals surface area contributed by atoms with Gasteiger partial charge in [0.25, 0.3) is 0 Å². The van der Waals surface area contributed by atoms with Gasteiger partial charge < -0.3 is 10.2 Å². The molecule has 2 aromatic rings. The summed E-state index contributed by atoms with van der Waals surface area (Å²) >= 11 is 0. The first kappa shape index (κ1) is 10.5. The predicted molar refractivity (Wildman–Crippen MR) is 66.3 cm³/mol. The maximum Gasteiger partial charge on any atom is 0.225 e. The molecule has 1 aliphatic carbocycles. The monoisotopic (exact) mass is 228 g/mol. The number of oxazole rings is 1. The molecule has 3 heteroatoms. The van der Waals surface area contributed by atoms with Gasteiger partial charge in [-0.25, -0.2) is 4.98 Å². The van der Waals surface area contributed by atoms with Crippen molar-refractivity contribution < 1.29 is 4.42 Å². The highest BCUT2D eigenvalue weighted by atomic mass is 16.3. The van der Waals surface area contributed by atoms with Crippen LogP contribution in [0.15, 0.2) is 41.1 Å². The standard InChI is InChI=1S/C14H16N2O/c15-14(7-1-2-8-14)12-5-3-11(4-6-12)13-16-9-10-17-13/h3-6,9-10H,1-2,7-8,15H2. The third-order valence-corrected chi connectivity index (χ3v) is 3.63. The first-order valence-electron chi connectivity index (χ1n) is 6.07. The predicted octanol–water partition coefficient (Wildman–Crippen LogP) is 3.07. The van der Waals surface area contributed by atoms with E-state index in [9.17, 15) is 0 Å². The quantitative estimate of drug-likeness (QED) is 0.859. The molecule has 0 saturated heterocycles. The summed E-state index contributed by atoms with van der Waals surface area (Å²) in [6.45, 7) is 0. The highest BCUT2D eigenvalue weighted by Gasteiger charge is 2.30. The van der Waals surface area contributed by atoms with Crippen molar-refractivity contribution in [3.05, 3.63) is 42.3 Å². The molecular weight excluding hydrogens is 212 g/mol. The summed E-state index contributed by atoms with van der Waals surface area (Å²) in [4.78, 5) is 4.13. The summed E-state index contributed by atoms with van der Waals surface area (Å²) < 4.78 is 5.27. The highest BCUT2D eigenvalue weighted by Crippen LogP contribution is 2.36. The summed E-state index contributed by atoms with van der Waals surface area (Å²) in [5, 5.41) is 0. The molecule has 1 heterocycles. The minimum absolute atomic E-state index is 0.116. The fourth-order valence-electron chi connectivity index (χ4n) is 2.61. The number of hydrogen-bond acceptors (Lipinski definition) is 3. The molecule has 0 atom stereocenters. The Morgan fingerprint density at radius 3 is 2.41 bits per heavy atom. The van der Waals surface area contributed by atoms with Crippen LogP contribution < -0.4 is 5.73 Å². The lowest BCUT2D eigenvalue weighted by molar-refractivity contribution is 0.461. The van der Waals surface area contributed by atoms with Crippen LogP contribution in [0.4, 0.5) is 0 Å². The Morgan fingerprint density at radius 1 is 1.12 bits per heavy atom. The molecule has 0 amide bonds. The van der Waals surface area contributed by atoms with Crippen molar-refractivity contribution in [1.29, 1.82) is 0 Å². The highest BCUT2D eigenvalue weighted by molar-refractivity contribution is 5.53. The molecule has 3 rings (SSSR count). The summed E-state index contributed by atoms with van der Waals surface area (Å²) in [7, 11) is 0. The van der Waals surface area contributed by atoms with Gasteiger partial charge in [0, 0.05) is 11.1 Å². The molecule has 1 fully saturated rings. The summed E-state index contributed by atoms with van der Waals surface area (Å²) in [5.74, 6) is 0.661. The fraction of sp³-hybridized carbons (Fsp3) is 0.357. The van der Waals surface area contributed by atoms with E-state index in [1.54, 1.807) is 12.5 Å². The number of hydrogen-bond donors (Lipinski definition) is 1. The Bertz CT molecular complexity index is 481. The molecule has 3 nitrogen and oxygen atoms in total. The van der Waals surface area contributed by atoms with Crippen molar-refractivity contribution in [2.24, 2.45) is 5.73 Å². The van der Waals surface area contributed by atoms with Crippen LogP contribution in [0, 0.1) is 0 Å². The van der Waals surface area contributed by atoms with Crippen LogP contribution in [0.2, 0.25) is 0 Å². The van der Waals surface area contributed by atoms with Gasteiger partial charge in [-0.1, -0.05) is 25.0 Å². The molecule has 2 N–H and O–H groups in total. The van der Waals surface area contributed by atoms with Crippen molar-refractivity contribution in [3.63, 3.8) is 0 Å². The molecule has 0 radical (unpaired) electrons. The topological polar surface area (TPSA) is 52.0 Å². The minimum atomic E-state index is -0.116. The van der Waals surface area contributed by atoms with E-state index < -0.39 is 0 Å². The van der Waals surface area contributed by atoms with Gasteiger partial charge in [0.05, 0.1) is 6.20 Å². The van der Waals surface area contributed by atoms with Crippen molar-refractivity contribution in [2.45, 2.75) is 31.2 Å². The van der Waals surface area contributed by atoms with Crippen molar-refractivity contribution in [3.8, 4) is 11.5 Å².